The molecule has 2 atom stereocenters. The molecule has 3 amide bonds. The van der Waals surface area contributed by atoms with Crippen LogP contribution in [0, 0.1) is 12.3 Å². The summed E-state index contributed by atoms with van der Waals surface area (Å²) < 4.78 is 5.35. The van der Waals surface area contributed by atoms with E-state index < -0.39 is 23.8 Å². The lowest BCUT2D eigenvalue weighted by molar-refractivity contribution is -0.142. The van der Waals surface area contributed by atoms with E-state index in [0.717, 1.165) is 31.2 Å². The van der Waals surface area contributed by atoms with Crippen LogP contribution >= 0.6 is 0 Å². The average Bonchev–Trinajstić information content (AvgIpc) is 2.90. The monoisotopic (exact) mass is 533 g/mol. The Bertz CT molecular complexity index is 1120. The van der Waals surface area contributed by atoms with Gasteiger partial charge in [0.1, 0.15) is 17.7 Å². The van der Waals surface area contributed by atoms with Gasteiger partial charge in [-0.2, -0.15) is 0 Å². The Kier molecular flexibility index (Phi) is 12.6. The van der Waals surface area contributed by atoms with Gasteiger partial charge in [0.05, 0.1) is 0 Å². The first-order valence-corrected chi connectivity index (χ1v) is 13.7. The Morgan fingerprint density at radius 3 is 2.26 bits per heavy atom. The van der Waals surface area contributed by atoms with Gasteiger partial charge in [0.15, 0.2) is 0 Å². The number of amides is 3. The minimum atomic E-state index is -0.970. The van der Waals surface area contributed by atoms with E-state index in [4.69, 9.17) is 11.2 Å². The third-order valence-electron chi connectivity index (χ3n) is 6.17. The highest BCUT2D eigenvalue weighted by molar-refractivity contribution is 5.92. The van der Waals surface area contributed by atoms with Crippen molar-refractivity contribution in [1.82, 2.24) is 15.5 Å². The largest absolute Gasteiger partial charge is 0.444 e. The zero-order chi connectivity index (χ0) is 28.8. The van der Waals surface area contributed by atoms with Gasteiger partial charge in [0, 0.05) is 18.7 Å². The molecule has 2 aromatic carbocycles. The molecule has 7 nitrogen and oxygen atoms in total. The molecule has 0 aliphatic heterocycles. The number of hydrogen-bond acceptors (Lipinski definition) is 4. The van der Waals surface area contributed by atoms with Gasteiger partial charge in [-0.25, -0.2) is 4.79 Å². The van der Waals surface area contributed by atoms with E-state index in [-0.39, 0.29) is 11.8 Å². The van der Waals surface area contributed by atoms with Gasteiger partial charge >= 0.3 is 6.09 Å². The lowest BCUT2D eigenvalue weighted by atomic mass is 9.97. The Morgan fingerprint density at radius 2 is 1.62 bits per heavy atom. The number of unbranched alkanes of at least 4 members (excludes halogenated alkanes) is 4. The molecule has 0 heterocycles. The number of carbonyl (C=O) groups is 3. The minimum absolute atomic E-state index is 0.304. The predicted octanol–water partition coefficient (Wildman–Crippen LogP) is 5.74. The molecular formula is C32H43N3O4. The van der Waals surface area contributed by atoms with Crippen molar-refractivity contribution in [3.63, 3.8) is 0 Å². The van der Waals surface area contributed by atoms with Crippen LogP contribution in [0.5, 0.6) is 0 Å². The molecule has 0 aliphatic carbocycles. The van der Waals surface area contributed by atoms with E-state index >= 15 is 0 Å². The second-order valence-corrected chi connectivity index (χ2v) is 10.7. The van der Waals surface area contributed by atoms with Crippen molar-refractivity contribution in [2.75, 3.05) is 6.54 Å². The molecule has 2 rings (SSSR count). The Labute approximate surface area is 233 Å². The van der Waals surface area contributed by atoms with Crippen LogP contribution in [0.15, 0.2) is 54.6 Å². The molecule has 0 aromatic heterocycles. The number of carbonyl (C=O) groups excluding carboxylic acids is 3. The van der Waals surface area contributed by atoms with Gasteiger partial charge in [0.25, 0.3) is 0 Å². The van der Waals surface area contributed by atoms with E-state index in [1.807, 2.05) is 30.3 Å². The summed E-state index contributed by atoms with van der Waals surface area (Å²) in [6, 6.07) is 14.8. The summed E-state index contributed by atoms with van der Waals surface area (Å²) >= 11 is 0. The number of hydrogen-bond donors (Lipinski definition) is 2. The maximum Gasteiger partial charge on any atom is 0.408 e. The number of terminal acetylenes is 1. The van der Waals surface area contributed by atoms with Crippen molar-refractivity contribution in [2.24, 2.45) is 0 Å². The topological polar surface area (TPSA) is 87.7 Å². The maximum atomic E-state index is 13.9. The van der Waals surface area contributed by atoms with E-state index in [9.17, 15) is 14.4 Å². The van der Waals surface area contributed by atoms with Crippen molar-refractivity contribution < 1.29 is 19.1 Å². The van der Waals surface area contributed by atoms with Crippen molar-refractivity contribution in [1.29, 1.82) is 0 Å². The fourth-order valence-electron chi connectivity index (χ4n) is 4.25. The molecule has 0 fully saturated rings. The quantitative estimate of drug-likeness (QED) is 0.254. The maximum absolute atomic E-state index is 13.9. The highest BCUT2D eigenvalue weighted by Gasteiger charge is 2.35. The normalized spacial score (nSPS) is 12.5. The molecule has 0 saturated heterocycles. The second-order valence-electron chi connectivity index (χ2n) is 10.7. The second kappa shape index (κ2) is 15.6. The van der Waals surface area contributed by atoms with Gasteiger partial charge in [-0.3, -0.25) is 9.59 Å². The van der Waals surface area contributed by atoms with E-state index in [1.54, 1.807) is 56.9 Å². The molecule has 0 aliphatic rings. The molecule has 2 unspecified atom stereocenters. The van der Waals surface area contributed by atoms with Gasteiger partial charge < -0.3 is 20.3 Å². The average molecular weight is 534 g/mol. The zero-order valence-corrected chi connectivity index (χ0v) is 24.0. The van der Waals surface area contributed by atoms with Crippen LogP contribution in [0.3, 0.4) is 0 Å². The third-order valence-corrected chi connectivity index (χ3v) is 6.17. The zero-order valence-electron chi connectivity index (χ0n) is 24.0. The highest BCUT2D eigenvalue weighted by atomic mass is 16.6. The SMILES string of the molecule is C#Cc1ccccc1C(C(=O)NCc1ccccc1)N(CCCCCCC)C(=O)C(C)NC(=O)OC(C)(C)C. The summed E-state index contributed by atoms with van der Waals surface area (Å²) in [4.78, 5) is 41.7. The Balaban J connectivity index is 2.41. The number of ether oxygens (including phenoxy) is 1. The Hall–Kier alpha value is -3.79. The van der Waals surface area contributed by atoms with Crippen LogP contribution in [0.1, 0.15) is 89.5 Å². The van der Waals surface area contributed by atoms with Gasteiger partial charge in [-0.1, -0.05) is 87.1 Å². The number of benzene rings is 2. The van der Waals surface area contributed by atoms with Crippen LogP contribution in [-0.4, -0.2) is 41.0 Å². The smallest absolute Gasteiger partial charge is 0.408 e. The van der Waals surface area contributed by atoms with Crippen LogP contribution in [-0.2, 0) is 20.9 Å². The van der Waals surface area contributed by atoms with E-state index in [2.05, 4.69) is 23.5 Å². The molecule has 0 saturated carbocycles. The summed E-state index contributed by atoms with van der Waals surface area (Å²) in [6.07, 6.45) is 9.98. The summed E-state index contributed by atoms with van der Waals surface area (Å²) in [5.41, 5.74) is 1.33. The van der Waals surface area contributed by atoms with Gasteiger partial charge in [-0.05, 0) is 51.3 Å². The number of rotatable bonds is 13. The van der Waals surface area contributed by atoms with Crippen molar-refractivity contribution in [3.05, 3.63) is 71.3 Å². The van der Waals surface area contributed by atoms with Gasteiger partial charge in [0.2, 0.25) is 11.8 Å². The van der Waals surface area contributed by atoms with Crippen LogP contribution in [0.2, 0.25) is 0 Å². The number of nitrogens with one attached hydrogen (secondary N) is 2. The molecule has 0 spiro atoms. The Morgan fingerprint density at radius 1 is 0.974 bits per heavy atom. The first kappa shape index (κ1) is 31.4. The fraction of sp³-hybridized carbons (Fsp3) is 0.469. The van der Waals surface area contributed by atoms with E-state index in [1.165, 1.54) is 0 Å². The third kappa shape index (κ3) is 10.5. The summed E-state index contributed by atoms with van der Waals surface area (Å²) in [6.45, 7) is 9.65. The molecule has 7 heteroatoms. The molecule has 2 aromatic rings. The first-order chi connectivity index (χ1) is 18.6. The molecule has 39 heavy (non-hydrogen) atoms. The van der Waals surface area contributed by atoms with Crippen LogP contribution in [0.4, 0.5) is 4.79 Å². The predicted molar refractivity (Wildman–Crippen MR) is 155 cm³/mol. The van der Waals surface area contributed by atoms with Gasteiger partial charge in [-0.15, -0.1) is 6.42 Å². The summed E-state index contributed by atoms with van der Waals surface area (Å²) in [5, 5.41) is 5.63. The first-order valence-electron chi connectivity index (χ1n) is 13.7. The fourth-order valence-corrected chi connectivity index (χ4v) is 4.25. The number of nitrogens with zero attached hydrogens (tertiary/aromatic N) is 1. The lowest BCUT2D eigenvalue weighted by Gasteiger charge is -2.34. The highest BCUT2D eigenvalue weighted by Crippen LogP contribution is 2.26. The lowest BCUT2D eigenvalue weighted by Crippen LogP contribution is -2.52. The minimum Gasteiger partial charge on any atom is -0.444 e. The van der Waals surface area contributed by atoms with Crippen LogP contribution in [0.25, 0.3) is 0 Å². The number of alkyl carbamates (subject to hydrolysis) is 1. The van der Waals surface area contributed by atoms with Crippen molar-refractivity contribution >= 4 is 17.9 Å². The summed E-state index contributed by atoms with van der Waals surface area (Å²) in [5.74, 6) is 1.94. The molecule has 0 radical (unpaired) electrons. The molecule has 2 N–H and O–H groups in total. The summed E-state index contributed by atoms with van der Waals surface area (Å²) in [7, 11) is 0. The van der Waals surface area contributed by atoms with Crippen molar-refractivity contribution in [2.45, 2.75) is 91.0 Å². The standard InChI is InChI=1S/C32H43N3O4/c1-7-9-10-11-17-22-35(30(37)24(3)34-31(38)39-32(4,5)6)28(27-21-16-15-20-26(27)8-2)29(36)33-23-25-18-13-12-14-19-25/h2,12-16,18-21,24,28H,7,9-11,17,22-23H2,1,3-6H3,(H,33,36)(H,34,38). The molecule has 210 valence electrons. The molecular weight excluding hydrogens is 490 g/mol. The van der Waals surface area contributed by atoms with Crippen molar-refractivity contribution in [3.8, 4) is 12.3 Å². The molecule has 0 bridgehead atoms. The van der Waals surface area contributed by atoms with E-state index in [0.29, 0.717) is 30.6 Å². The van der Waals surface area contributed by atoms with Crippen LogP contribution < -0.4 is 10.6 Å².